The van der Waals surface area contributed by atoms with Gasteiger partial charge in [-0.15, -0.1) is 0 Å². The van der Waals surface area contributed by atoms with E-state index in [2.05, 4.69) is 50.8 Å². The third kappa shape index (κ3) is 5.34. The second kappa shape index (κ2) is 9.73. The number of hydrogen-bond acceptors (Lipinski definition) is 4. The Morgan fingerprint density at radius 1 is 1.10 bits per heavy atom. The monoisotopic (exact) mass is 392 g/mol. The van der Waals surface area contributed by atoms with Crippen LogP contribution in [0.15, 0.2) is 53.7 Å². The summed E-state index contributed by atoms with van der Waals surface area (Å²) < 4.78 is 7.44. The fourth-order valence-corrected chi connectivity index (χ4v) is 3.11. The van der Waals surface area contributed by atoms with Crippen molar-refractivity contribution in [2.24, 2.45) is 4.99 Å². The van der Waals surface area contributed by atoms with Crippen LogP contribution in [0.3, 0.4) is 0 Å². The molecular weight excluding hydrogens is 364 g/mol. The first-order valence-electron chi connectivity index (χ1n) is 9.74. The number of aliphatic imine (C=N–C) groups is 1. The molecule has 3 rings (SSSR count). The van der Waals surface area contributed by atoms with Gasteiger partial charge in [0.05, 0.1) is 18.0 Å². The fraction of sp³-hybridized carbons (Fsp3) is 0.318. The highest BCUT2D eigenvalue weighted by atomic mass is 16.5. The van der Waals surface area contributed by atoms with Crippen LogP contribution in [-0.4, -0.2) is 34.4 Å². The topological polar surface area (TPSA) is 76.4 Å². The molecule has 3 aromatic rings. The van der Waals surface area contributed by atoms with E-state index in [0.29, 0.717) is 25.6 Å². The van der Waals surface area contributed by atoms with Crippen LogP contribution in [0.5, 0.6) is 5.88 Å². The molecular formula is C22H28N6O. The normalized spacial score (nSPS) is 11.4. The van der Waals surface area contributed by atoms with Gasteiger partial charge in [0.25, 0.3) is 0 Å². The number of aromatic nitrogens is 3. The van der Waals surface area contributed by atoms with Crippen LogP contribution < -0.4 is 15.4 Å². The lowest BCUT2D eigenvalue weighted by Crippen LogP contribution is -2.36. The number of aryl methyl sites for hydroxylation is 2. The first-order chi connectivity index (χ1) is 14.1. The summed E-state index contributed by atoms with van der Waals surface area (Å²) in [6.45, 7) is 7.88. The molecule has 0 saturated heterocycles. The van der Waals surface area contributed by atoms with Crippen LogP contribution in [0, 0.1) is 13.8 Å². The molecule has 0 fully saturated rings. The van der Waals surface area contributed by atoms with E-state index in [1.165, 1.54) is 0 Å². The minimum atomic E-state index is 0.599. The summed E-state index contributed by atoms with van der Waals surface area (Å²) in [5, 5.41) is 11.3. The number of para-hydroxylation sites is 1. The van der Waals surface area contributed by atoms with Crippen LogP contribution in [-0.2, 0) is 13.1 Å². The Kier molecular flexibility index (Phi) is 6.84. The third-order valence-electron chi connectivity index (χ3n) is 4.45. The zero-order chi connectivity index (χ0) is 20.6. The van der Waals surface area contributed by atoms with Gasteiger partial charge in [-0.2, -0.15) is 5.10 Å². The predicted octanol–water partition coefficient (Wildman–Crippen LogP) is 3.15. The molecule has 2 heterocycles. The SMILES string of the molecule is CCOc1cc(CNC(=NC)NCc2ccccc2-n2nc(C)cc2C)ccn1. The Morgan fingerprint density at radius 2 is 1.90 bits per heavy atom. The van der Waals surface area contributed by atoms with E-state index < -0.39 is 0 Å². The van der Waals surface area contributed by atoms with Crippen molar-refractivity contribution in [1.82, 2.24) is 25.4 Å². The summed E-state index contributed by atoms with van der Waals surface area (Å²) in [6.07, 6.45) is 1.75. The van der Waals surface area contributed by atoms with Crippen molar-refractivity contribution < 1.29 is 4.74 Å². The first-order valence-corrected chi connectivity index (χ1v) is 9.74. The predicted molar refractivity (Wildman–Crippen MR) is 115 cm³/mol. The van der Waals surface area contributed by atoms with Crippen LogP contribution >= 0.6 is 0 Å². The van der Waals surface area contributed by atoms with Crippen molar-refractivity contribution in [3.8, 4) is 11.6 Å². The molecule has 0 saturated carbocycles. The highest BCUT2D eigenvalue weighted by Gasteiger charge is 2.09. The molecule has 152 valence electrons. The average molecular weight is 393 g/mol. The molecule has 0 unspecified atom stereocenters. The summed E-state index contributed by atoms with van der Waals surface area (Å²) in [5.41, 5.74) is 5.40. The molecule has 0 aliphatic carbocycles. The number of ether oxygens (including phenoxy) is 1. The number of hydrogen-bond donors (Lipinski definition) is 2. The molecule has 1 aromatic carbocycles. The van der Waals surface area contributed by atoms with Gasteiger partial charge in [-0.05, 0) is 50.1 Å². The highest BCUT2D eigenvalue weighted by Crippen LogP contribution is 2.17. The third-order valence-corrected chi connectivity index (χ3v) is 4.45. The van der Waals surface area contributed by atoms with Gasteiger partial charge in [-0.1, -0.05) is 18.2 Å². The molecule has 0 aliphatic heterocycles. The minimum absolute atomic E-state index is 0.599. The Bertz CT molecular complexity index is 979. The van der Waals surface area contributed by atoms with Crippen molar-refractivity contribution >= 4 is 5.96 Å². The van der Waals surface area contributed by atoms with Crippen LogP contribution in [0.1, 0.15) is 29.4 Å². The molecule has 7 heteroatoms. The number of pyridine rings is 1. The zero-order valence-electron chi connectivity index (χ0n) is 17.4. The maximum atomic E-state index is 5.46. The molecule has 0 spiro atoms. The van der Waals surface area contributed by atoms with Crippen molar-refractivity contribution in [2.45, 2.75) is 33.9 Å². The van der Waals surface area contributed by atoms with E-state index in [4.69, 9.17) is 4.74 Å². The lowest BCUT2D eigenvalue weighted by atomic mass is 10.1. The second-order valence-corrected chi connectivity index (χ2v) is 6.68. The van der Waals surface area contributed by atoms with E-state index in [-0.39, 0.29) is 0 Å². The van der Waals surface area contributed by atoms with E-state index in [1.807, 2.05) is 42.8 Å². The minimum Gasteiger partial charge on any atom is -0.478 e. The fourth-order valence-electron chi connectivity index (χ4n) is 3.11. The summed E-state index contributed by atoms with van der Waals surface area (Å²) >= 11 is 0. The Balaban J connectivity index is 1.65. The maximum absolute atomic E-state index is 5.46. The van der Waals surface area contributed by atoms with E-state index in [1.54, 1.807) is 13.2 Å². The van der Waals surface area contributed by atoms with Gasteiger partial charge < -0.3 is 15.4 Å². The van der Waals surface area contributed by atoms with Gasteiger partial charge in [0.1, 0.15) is 0 Å². The Morgan fingerprint density at radius 3 is 2.62 bits per heavy atom. The lowest BCUT2D eigenvalue weighted by molar-refractivity contribution is 0.326. The standard InChI is InChI=1S/C22H28N6O/c1-5-29-21-13-18(10-11-24-21)14-25-22(23-4)26-15-19-8-6-7-9-20(19)28-17(3)12-16(2)27-28/h6-13H,5,14-15H2,1-4H3,(H2,23,25,26). The maximum Gasteiger partial charge on any atom is 0.213 e. The van der Waals surface area contributed by atoms with Gasteiger partial charge >= 0.3 is 0 Å². The summed E-state index contributed by atoms with van der Waals surface area (Å²) in [4.78, 5) is 8.52. The van der Waals surface area contributed by atoms with Crippen molar-refractivity contribution in [3.05, 3.63) is 71.2 Å². The molecule has 7 nitrogen and oxygen atoms in total. The first kappa shape index (κ1) is 20.4. The molecule has 0 amide bonds. The molecule has 0 aliphatic rings. The highest BCUT2D eigenvalue weighted by molar-refractivity contribution is 5.79. The summed E-state index contributed by atoms with van der Waals surface area (Å²) in [5.74, 6) is 1.36. The number of guanidine groups is 1. The van der Waals surface area contributed by atoms with Gasteiger partial charge in [0.2, 0.25) is 5.88 Å². The van der Waals surface area contributed by atoms with Gasteiger partial charge in [0, 0.05) is 38.1 Å². The average Bonchev–Trinajstić information content (AvgIpc) is 3.07. The molecule has 0 bridgehead atoms. The Hall–Kier alpha value is -3.35. The lowest BCUT2D eigenvalue weighted by Gasteiger charge is -2.15. The molecule has 0 radical (unpaired) electrons. The molecule has 0 atom stereocenters. The molecule has 2 aromatic heterocycles. The van der Waals surface area contributed by atoms with Gasteiger partial charge in [-0.3, -0.25) is 4.99 Å². The van der Waals surface area contributed by atoms with Crippen molar-refractivity contribution in [1.29, 1.82) is 0 Å². The number of benzene rings is 1. The zero-order valence-corrected chi connectivity index (χ0v) is 17.4. The largest absolute Gasteiger partial charge is 0.478 e. The molecule has 2 N–H and O–H groups in total. The van der Waals surface area contributed by atoms with Crippen molar-refractivity contribution in [3.63, 3.8) is 0 Å². The van der Waals surface area contributed by atoms with Gasteiger partial charge in [0.15, 0.2) is 5.96 Å². The smallest absolute Gasteiger partial charge is 0.213 e. The second-order valence-electron chi connectivity index (χ2n) is 6.68. The quantitative estimate of drug-likeness (QED) is 0.477. The Labute approximate surface area is 171 Å². The van der Waals surface area contributed by atoms with Crippen LogP contribution in [0.4, 0.5) is 0 Å². The molecule has 29 heavy (non-hydrogen) atoms. The number of nitrogens with one attached hydrogen (secondary N) is 2. The van der Waals surface area contributed by atoms with Crippen LogP contribution in [0.25, 0.3) is 5.69 Å². The van der Waals surface area contributed by atoms with E-state index >= 15 is 0 Å². The number of rotatable bonds is 7. The van der Waals surface area contributed by atoms with E-state index in [9.17, 15) is 0 Å². The van der Waals surface area contributed by atoms with Crippen molar-refractivity contribution in [2.75, 3.05) is 13.7 Å². The van der Waals surface area contributed by atoms with Gasteiger partial charge in [-0.25, -0.2) is 9.67 Å². The number of nitrogens with zero attached hydrogens (tertiary/aromatic N) is 4. The van der Waals surface area contributed by atoms with E-state index in [0.717, 1.165) is 34.2 Å². The summed E-state index contributed by atoms with van der Waals surface area (Å²) in [6, 6.07) is 14.2. The van der Waals surface area contributed by atoms with Crippen LogP contribution in [0.2, 0.25) is 0 Å². The summed E-state index contributed by atoms with van der Waals surface area (Å²) in [7, 11) is 1.76.